The highest BCUT2D eigenvalue weighted by Crippen LogP contribution is 2.65. The van der Waals surface area contributed by atoms with Crippen LogP contribution in [0.25, 0.3) is 0 Å². The molecule has 0 aliphatic heterocycles. The zero-order chi connectivity index (χ0) is 13.6. The van der Waals surface area contributed by atoms with Crippen LogP contribution in [0.5, 0.6) is 0 Å². The Bertz CT molecular complexity index is 337. The third-order valence-corrected chi connectivity index (χ3v) is 5.96. The minimum absolute atomic E-state index is 0.114. The van der Waals surface area contributed by atoms with Gasteiger partial charge in [-0.25, -0.2) is 0 Å². The molecule has 0 radical (unpaired) electrons. The molecule has 2 aliphatic carbocycles. The van der Waals surface area contributed by atoms with Gasteiger partial charge in [-0.2, -0.15) is 0 Å². The van der Waals surface area contributed by atoms with E-state index in [0.29, 0.717) is 17.9 Å². The highest BCUT2D eigenvalue weighted by atomic mass is 16.1. The van der Waals surface area contributed by atoms with Gasteiger partial charge in [-0.15, -0.1) is 0 Å². The molecule has 3 nitrogen and oxygen atoms in total. The molecule has 0 aromatic rings. The summed E-state index contributed by atoms with van der Waals surface area (Å²) in [5.74, 6) is 0.961. The lowest BCUT2D eigenvalue weighted by atomic mass is 9.69. The fourth-order valence-corrected chi connectivity index (χ4v) is 4.05. The Morgan fingerprint density at radius 3 is 2.56 bits per heavy atom. The number of nitrogens with one attached hydrogen (secondary N) is 1. The maximum absolute atomic E-state index is 12.0. The van der Waals surface area contributed by atoms with E-state index >= 15 is 0 Å². The molecule has 18 heavy (non-hydrogen) atoms. The Morgan fingerprint density at radius 2 is 2.11 bits per heavy atom. The largest absolute Gasteiger partial charge is 0.353 e. The normalized spacial score (nSPS) is 38.7. The number of nitrogens with two attached hydrogens (primary N) is 1. The van der Waals surface area contributed by atoms with Crippen molar-refractivity contribution >= 4 is 5.91 Å². The van der Waals surface area contributed by atoms with Crippen molar-refractivity contribution in [3.63, 3.8) is 0 Å². The van der Waals surface area contributed by atoms with Crippen LogP contribution < -0.4 is 11.1 Å². The van der Waals surface area contributed by atoms with Crippen molar-refractivity contribution in [3.05, 3.63) is 0 Å². The number of fused-ring (bicyclic) bond motifs is 2. The Labute approximate surface area is 111 Å². The van der Waals surface area contributed by atoms with E-state index in [9.17, 15) is 4.79 Å². The van der Waals surface area contributed by atoms with E-state index in [-0.39, 0.29) is 17.4 Å². The number of amides is 1. The Morgan fingerprint density at radius 1 is 1.44 bits per heavy atom. The fraction of sp³-hybridized carbons (Fsp3) is 0.933. The van der Waals surface area contributed by atoms with E-state index in [1.807, 2.05) is 6.92 Å². The third-order valence-electron chi connectivity index (χ3n) is 5.96. The van der Waals surface area contributed by atoms with Gasteiger partial charge in [0, 0.05) is 18.5 Å². The molecule has 4 unspecified atom stereocenters. The third kappa shape index (κ3) is 2.07. The number of hydrogen-bond acceptors (Lipinski definition) is 2. The smallest absolute Gasteiger partial charge is 0.220 e. The quantitative estimate of drug-likeness (QED) is 0.807. The molecule has 0 spiro atoms. The molecule has 104 valence electrons. The summed E-state index contributed by atoms with van der Waals surface area (Å²) in [7, 11) is 0. The van der Waals surface area contributed by atoms with Crippen LogP contribution in [0.15, 0.2) is 0 Å². The van der Waals surface area contributed by atoms with Crippen LogP contribution >= 0.6 is 0 Å². The van der Waals surface area contributed by atoms with Crippen molar-refractivity contribution in [2.75, 3.05) is 0 Å². The Hall–Kier alpha value is -0.570. The van der Waals surface area contributed by atoms with E-state index in [4.69, 9.17) is 5.73 Å². The van der Waals surface area contributed by atoms with Crippen molar-refractivity contribution in [1.29, 1.82) is 0 Å². The lowest BCUT2D eigenvalue weighted by Gasteiger charge is -2.39. The highest BCUT2D eigenvalue weighted by molar-refractivity contribution is 5.76. The molecule has 0 saturated heterocycles. The van der Waals surface area contributed by atoms with E-state index < -0.39 is 0 Å². The number of rotatable bonds is 4. The zero-order valence-corrected chi connectivity index (χ0v) is 12.3. The molecule has 2 rings (SSSR count). The molecule has 2 saturated carbocycles. The average molecular weight is 252 g/mol. The molecule has 0 heterocycles. The first kappa shape index (κ1) is 13.9. The molecule has 2 bridgehead atoms. The minimum atomic E-state index is 0.114. The van der Waals surface area contributed by atoms with Gasteiger partial charge >= 0.3 is 0 Å². The molecule has 0 aromatic carbocycles. The highest BCUT2D eigenvalue weighted by Gasteiger charge is 2.61. The van der Waals surface area contributed by atoms with Crippen LogP contribution in [-0.4, -0.2) is 18.0 Å². The Kier molecular flexibility index (Phi) is 3.48. The predicted octanol–water partition coefficient (Wildman–Crippen LogP) is 2.44. The molecule has 2 fully saturated rings. The summed E-state index contributed by atoms with van der Waals surface area (Å²) in [6.07, 6.45) is 5.09. The second kappa shape index (κ2) is 4.52. The maximum atomic E-state index is 12.0. The summed E-state index contributed by atoms with van der Waals surface area (Å²) in [6, 6.07) is 0.481. The zero-order valence-electron chi connectivity index (χ0n) is 12.3. The first-order chi connectivity index (χ1) is 8.27. The summed E-state index contributed by atoms with van der Waals surface area (Å²) in [6.45, 7) is 9.06. The number of carbonyl (C=O) groups is 1. The molecule has 1 amide bonds. The molecule has 0 aromatic heterocycles. The van der Waals surface area contributed by atoms with Gasteiger partial charge < -0.3 is 11.1 Å². The summed E-state index contributed by atoms with van der Waals surface area (Å²) in [5.41, 5.74) is 6.35. The second-order valence-corrected chi connectivity index (χ2v) is 7.25. The molecular weight excluding hydrogens is 224 g/mol. The summed E-state index contributed by atoms with van der Waals surface area (Å²) < 4.78 is 0. The van der Waals surface area contributed by atoms with Crippen LogP contribution in [0.1, 0.15) is 59.8 Å². The van der Waals surface area contributed by atoms with Crippen molar-refractivity contribution in [1.82, 2.24) is 5.32 Å². The summed E-state index contributed by atoms with van der Waals surface area (Å²) in [4.78, 5) is 12.0. The van der Waals surface area contributed by atoms with E-state index in [1.165, 1.54) is 12.8 Å². The standard InChI is InChI=1S/C15H28N2O/c1-10(16)5-6-13(18)17-12-9-11-7-8-15(12,4)14(11,2)3/h10-12H,5-9,16H2,1-4H3,(H,17,18). The summed E-state index contributed by atoms with van der Waals surface area (Å²) >= 11 is 0. The van der Waals surface area contributed by atoms with Gasteiger partial charge in [0.25, 0.3) is 0 Å². The van der Waals surface area contributed by atoms with Gasteiger partial charge in [-0.05, 0) is 49.4 Å². The second-order valence-electron chi connectivity index (χ2n) is 7.25. The topological polar surface area (TPSA) is 55.1 Å². The van der Waals surface area contributed by atoms with Gasteiger partial charge in [-0.1, -0.05) is 20.8 Å². The lowest BCUT2D eigenvalue weighted by Crippen LogP contribution is -2.47. The number of carbonyl (C=O) groups excluding carboxylic acids is 1. The predicted molar refractivity (Wildman–Crippen MR) is 74.0 cm³/mol. The van der Waals surface area contributed by atoms with Crippen LogP contribution in [-0.2, 0) is 4.79 Å². The fourth-order valence-electron chi connectivity index (χ4n) is 4.05. The van der Waals surface area contributed by atoms with Crippen molar-refractivity contribution in [3.8, 4) is 0 Å². The van der Waals surface area contributed by atoms with Crippen LogP contribution in [0.3, 0.4) is 0 Å². The van der Waals surface area contributed by atoms with Crippen LogP contribution in [0.4, 0.5) is 0 Å². The summed E-state index contributed by atoms with van der Waals surface area (Å²) in [5, 5.41) is 3.27. The van der Waals surface area contributed by atoms with E-state index in [1.54, 1.807) is 0 Å². The van der Waals surface area contributed by atoms with Crippen molar-refractivity contribution in [2.45, 2.75) is 71.9 Å². The van der Waals surface area contributed by atoms with Gasteiger partial charge in [0.1, 0.15) is 0 Å². The maximum Gasteiger partial charge on any atom is 0.220 e. The van der Waals surface area contributed by atoms with Crippen LogP contribution in [0.2, 0.25) is 0 Å². The Balaban J connectivity index is 1.94. The first-order valence-corrected chi connectivity index (χ1v) is 7.32. The first-order valence-electron chi connectivity index (χ1n) is 7.32. The van der Waals surface area contributed by atoms with Gasteiger partial charge in [-0.3, -0.25) is 4.79 Å². The van der Waals surface area contributed by atoms with Gasteiger partial charge in [0.15, 0.2) is 0 Å². The SMILES string of the molecule is CC(N)CCC(=O)NC1CC2CCC1(C)C2(C)C. The lowest BCUT2D eigenvalue weighted by molar-refractivity contribution is -0.123. The minimum Gasteiger partial charge on any atom is -0.353 e. The molecule has 3 heteroatoms. The van der Waals surface area contributed by atoms with Crippen molar-refractivity contribution < 1.29 is 4.79 Å². The molecule has 4 atom stereocenters. The van der Waals surface area contributed by atoms with E-state index in [0.717, 1.165) is 18.8 Å². The van der Waals surface area contributed by atoms with Crippen LogP contribution in [0, 0.1) is 16.7 Å². The average Bonchev–Trinajstić information content (AvgIpc) is 2.59. The molecule has 2 aliphatic rings. The number of hydrogen-bond donors (Lipinski definition) is 2. The van der Waals surface area contributed by atoms with E-state index in [2.05, 4.69) is 26.1 Å². The monoisotopic (exact) mass is 252 g/mol. The van der Waals surface area contributed by atoms with Crippen molar-refractivity contribution in [2.24, 2.45) is 22.5 Å². The molecular formula is C15H28N2O. The molecule has 3 N–H and O–H groups in total. The van der Waals surface area contributed by atoms with Gasteiger partial charge in [0.05, 0.1) is 0 Å². The van der Waals surface area contributed by atoms with Gasteiger partial charge in [0.2, 0.25) is 5.91 Å².